The van der Waals surface area contributed by atoms with E-state index < -0.39 is 0 Å². The fourth-order valence-electron chi connectivity index (χ4n) is 4.53. The van der Waals surface area contributed by atoms with Gasteiger partial charge in [0.1, 0.15) is 0 Å². The predicted octanol–water partition coefficient (Wildman–Crippen LogP) is 3.31. The van der Waals surface area contributed by atoms with Crippen LogP contribution in [0.2, 0.25) is 0 Å². The van der Waals surface area contributed by atoms with Crippen molar-refractivity contribution < 1.29 is 4.79 Å². The third-order valence-corrected chi connectivity index (χ3v) is 4.81. The van der Waals surface area contributed by atoms with Crippen LogP contribution in [0.1, 0.15) is 50.4 Å². The lowest BCUT2D eigenvalue weighted by Gasteiger charge is -2.39. The molecule has 2 unspecified atom stereocenters. The maximum absolute atomic E-state index is 12.8. The molecule has 0 radical (unpaired) electrons. The van der Waals surface area contributed by atoms with Gasteiger partial charge in [0.25, 0.3) is 5.91 Å². The van der Waals surface area contributed by atoms with Crippen molar-refractivity contribution in [3.8, 4) is 0 Å². The summed E-state index contributed by atoms with van der Waals surface area (Å²) >= 11 is 0. The van der Waals surface area contributed by atoms with E-state index in [4.69, 9.17) is 5.73 Å². The van der Waals surface area contributed by atoms with Crippen LogP contribution >= 0.6 is 0 Å². The first-order chi connectivity index (χ1) is 9.28. The summed E-state index contributed by atoms with van der Waals surface area (Å²) < 4.78 is 0. The molecule has 2 aliphatic rings. The average Bonchev–Trinajstić information content (AvgIpc) is 2.57. The van der Waals surface area contributed by atoms with Crippen LogP contribution in [0.5, 0.6) is 0 Å². The fourth-order valence-corrected chi connectivity index (χ4v) is 4.53. The Balaban J connectivity index is 1.87. The molecule has 2 N–H and O–H groups in total. The molecule has 2 bridgehead atoms. The van der Waals surface area contributed by atoms with Crippen LogP contribution in [0.4, 0.5) is 5.69 Å². The van der Waals surface area contributed by atoms with E-state index in [0.717, 1.165) is 24.9 Å². The van der Waals surface area contributed by atoms with E-state index in [1.165, 1.54) is 6.42 Å². The van der Waals surface area contributed by atoms with Gasteiger partial charge < -0.3 is 10.6 Å². The highest BCUT2D eigenvalue weighted by Crippen LogP contribution is 2.52. The molecule has 1 aliphatic heterocycles. The van der Waals surface area contributed by atoms with Gasteiger partial charge in [0, 0.05) is 23.8 Å². The first-order valence-corrected chi connectivity index (χ1v) is 7.45. The van der Waals surface area contributed by atoms with Crippen LogP contribution in [0.25, 0.3) is 0 Å². The normalized spacial score (nSPS) is 31.4. The van der Waals surface area contributed by atoms with Crippen LogP contribution in [0.15, 0.2) is 24.3 Å². The fraction of sp³-hybridized carbons (Fsp3) is 0.588. The van der Waals surface area contributed by atoms with Gasteiger partial charge in [-0.3, -0.25) is 4.79 Å². The second-order valence-corrected chi connectivity index (χ2v) is 7.77. The molecule has 0 spiro atoms. The molecule has 20 heavy (non-hydrogen) atoms. The van der Waals surface area contributed by atoms with Crippen LogP contribution in [-0.2, 0) is 0 Å². The van der Waals surface area contributed by atoms with E-state index >= 15 is 0 Å². The minimum absolute atomic E-state index is 0.142. The van der Waals surface area contributed by atoms with Crippen molar-refractivity contribution in [2.45, 2.75) is 46.1 Å². The largest absolute Gasteiger partial charge is 0.399 e. The number of carbonyl (C=O) groups is 1. The number of hydrogen-bond acceptors (Lipinski definition) is 2. The van der Waals surface area contributed by atoms with Crippen LogP contribution in [-0.4, -0.2) is 23.4 Å². The summed E-state index contributed by atoms with van der Waals surface area (Å²) in [5, 5.41) is 0. The van der Waals surface area contributed by atoms with Gasteiger partial charge in [0.15, 0.2) is 0 Å². The van der Waals surface area contributed by atoms with Gasteiger partial charge in [-0.25, -0.2) is 0 Å². The van der Waals surface area contributed by atoms with Gasteiger partial charge in [-0.05, 0) is 48.3 Å². The SMILES string of the molecule is CC1(C)CC2CC(C)(CN2C(=O)c2cccc(N)c2)C1. The minimum atomic E-state index is 0.142. The molecule has 2 fully saturated rings. The number of anilines is 1. The van der Waals surface area contributed by atoms with Crippen molar-refractivity contribution in [3.05, 3.63) is 29.8 Å². The number of rotatable bonds is 1. The number of likely N-dealkylation sites (tertiary alicyclic amines) is 1. The quantitative estimate of drug-likeness (QED) is 0.797. The van der Waals surface area contributed by atoms with E-state index in [-0.39, 0.29) is 11.3 Å². The molecule has 1 aliphatic carbocycles. The molecule has 1 saturated heterocycles. The van der Waals surface area contributed by atoms with Crippen LogP contribution in [0.3, 0.4) is 0 Å². The first-order valence-electron chi connectivity index (χ1n) is 7.45. The molecule has 1 aromatic carbocycles. The monoisotopic (exact) mass is 272 g/mol. The van der Waals surface area contributed by atoms with E-state index in [0.29, 0.717) is 17.1 Å². The van der Waals surface area contributed by atoms with E-state index in [1.807, 2.05) is 18.2 Å². The second kappa shape index (κ2) is 4.24. The highest BCUT2D eigenvalue weighted by molar-refractivity contribution is 5.95. The Labute approximate surface area is 121 Å². The summed E-state index contributed by atoms with van der Waals surface area (Å²) in [6, 6.07) is 7.73. The Bertz CT molecular complexity index is 552. The molecule has 2 atom stereocenters. The van der Waals surface area contributed by atoms with E-state index in [1.54, 1.807) is 6.07 Å². The van der Waals surface area contributed by atoms with Gasteiger partial charge in [0.2, 0.25) is 0 Å². The smallest absolute Gasteiger partial charge is 0.254 e. The van der Waals surface area contributed by atoms with Crippen molar-refractivity contribution in [1.29, 1.82) is 0 Å². The number of nitrogens with zero attached hydrogens (tertiary/aromatic N) is 1. The molecule has 3 rings (SSSR count). The molecular weight excluding hydrogens is 248 g/mol. The van der Waals surface area contributed by atoms with Gasteiger partial charge >= 0.3 is 0 Å². The highest BCUT2D eigenvalue weighted by atomic mass is 16.2. The maximum Gasteiger partial charge on any atom is 0.254 e. The van der Waals surface area contributed by atoms with Crippen molar-refractivity contribution in [2.24, 2.45) is 10.8 Å². The number of fused-ring (bicyclic) bond motifs is 2. The highest BCUT2D eigenvalue weighted by Gasteiger charge is 2.50. The molecule has 3 nitrogen and oxygen atoms in total. The molecule has 1 saturated carbocycles. The predicted molar refractivity (Wildman–Crippen MR) is 81.4 cm³/mol. The van der Waals surface area contributed by atoms with Gasteiger partial charge in [0.05, 0.1) is 0 Å². The van der Waals surface area contributed by atoms with Crippen molar-refractivity contribution in [2.75, 3.05) is 12.3 Å². The molecule has 1 aromatic rings. The summed E-state index contributed by atoms with van der Waals surface area (Å²) in [4.78, 5) is 14.9. The van der Waals surface area contributed by atoms with Crippen LogP contribution < -0.4 is 5.73 Å². The topological polar surface area (TPSA) is 46.3 Å². The summed E-state index contributed by atoms with van der Waals surface area (Å²) in [5.74, 6) is 0.142. The second-order valence-electron chi connectivity index (χ2n) is 7.77. The summed E-state index contributed by atoms with van der Waals surface area (Å²) in [5.41, 5.74) is 7.79. The first kappa shape index (κ1) is 13.5. The van der Waals surface area contributed by atoms with E-state index in [9.17, 15) is 4.79 Å². The van der Waals surface area contributed by atoms with Gasteiger partial charge in [-0.1, -0.05) is 26.8 Å². The lowest BCUT2D eigenvalue weighted by molar-refractivity contribution is 0.0708. The standard InChI is InChI=1S/C17H24N2O/c1-16(2)8-14-9-17(3,10-16)11-19(14)15(20)12-5-4-6-13(18)7-12/h4-7,14H,8-11,18H2,1-3H3. The third-order valence-electron chi connectivity index (χ3n) is 4.81. The van der Waals surface area contributed by atoms with Crippen molar-refractivity contribution in [3.63, 3.8) is 0 Å². The Morgan fingerprint density at radius 1 is 1.30 bits per heavy atom. The zero-order valence-corrected chi connectivity index (χ0v) is 12.6. The summed E-state index contributed by atoms with van der Waals surface area (Å²) in [7, 11) is 0. The van der Waals surface area contributed by atoms with Crippen LogP contribution in [0, 0.1) is 10.8 Å². The maximum atomic E-state index is 12.8. The number of hydrogen-bond donors (Lipinski definition) is 1. The lowest BCUT2D eigenvalue weighted by Crippen LogP contribution is -2.37. The number of carbonyl (C=O) groups excluding carboxylic acids is 1. The lowest BCUT2D eigenvalue weighted by atomic mass is 9.65. The zero-order chi connectivity index (χ0) is 14.5. The molecule has 1 amide bonds. The molecule has 0 aromatic heterocycles. The third kappa shape index (κ3) is 2.30. The molecule has 1 heterocycles. The zero-order valence-electron chi connectivity index (χ0n) is 12.6. The Morgan fingerprint density at radius 2 is 2.05 bits per heavy atom. The number of nitrogen functional groups attached to an aromatic ring is 1. The number of benzene rings is 1. The average molecular weight is 272 g/mol. The van der Waals surface area contributed by atoms with Gasteiger partial charge in [-0.15, -0.1) is 0 Å². The Morgan fingerprint density at radius 3 is 2.75 bits per heavy atom. The minimum Gasteiger partial charge on any atom is -0.399 e. The molecule has 108 valence electrons. The summed E-state index contributed by atoms with van der Waals surface area (Å²) in [6.45, 7) is 7.86. The Hall–Kier alpha value is -1.51. The number of nitrogens with two attached hydrogens (primary N) is 1. The molecular formula is C17H24N2O. The number of amides is 1. The Kier molecular flexibility index (Phi) is 2.86. The molecule has 3 heteroatoms. The van der Waals surface area contributed by atoms with Crippen molar-refractivity contribution >= 4 is 11.6 Å². The summed E-state index contributed by atoms with van der Waals surface area (Å²) in [6.07, 6.45) is 3.46. The van der Waals surface area contributed by atoms with E-state index in [2.05, 4.69) is 25.7 Å². The van der Waals surface area contributed by atoms with Gasteiger partial charge in [-0.2, -0.15) is 0 Å². The van der Waals surface area contributed by atoms with Crippen molar-refractivity contribution in [1.82, 2.24) is 4.90 Å².